The molecule has 1 atom stereocenters. The monoisotopic (exact) mass is 319 g/mol. The molecule has 1 aromatic heterocycles. The van der Waals surface area contributed by atoms with Gasteiger partial charge >= 0.3 is 0 Å². The highest BCUT2D eigenvalue weighted by molar-refractivity contribution is 6.31. The first-order chi connectivity index (χ1) is 10.5. The van der Waals surface area contributed by atoms with E-state index in [1.165, 1.54) is 12.3 Å². The van der Waals surface area contributed by atoms with E-state index >= 15 is 0 Å². The third-order valence-corrected chi connectivity index (χ3v) is 3.75. The van der Waals surface area contributed by atoms with Crippen molar-refractivity contribution in [2.45, 2.75) is 6.04 Å². The molecule has 0 spiro atoms. The van der Waals surface area contributed by atoms with Gasteiger partial charge in [0.1, 0.15) is 5.56 Å². The second-order valence-corrected chi connectivity index (χ2v) is 5.53. The van der Waals surface area contributed by atoms with E-state index in [0.29, 0.717) is 11.6 Å². The zero-order valence-electron chi connectivity index (χ0n) is 12.5. The van der Waals surface area contributed by atoms with Crippen LogP contribution in [0, 0.1) is 0 Å². The first-order valence-electron chi connectivity index (χ1n) is 6.87. The summed E-state index contributed by atoms with van der Waals surface area (Å²) in [6.45, 7) is 0.351. The summed E-state index contributed by atoms with van der Waals surface area (Å²) >= 11 is 6.23. The van der Waals surface area contributed by atoms with Gasteiger partial charge in [0.2, 0.25) is 0 Å². The van der Waals surface area contributed by atoms with Gasteiger partial charge in [-0.1, -0.05) is 29.8 Å². The first-order valence-corrected chi connectivity index (χ1v) is 7.25. The number of hydrogen-bond acceptors (Lipinski definition) is 3. The van der Waals surface area contributed by atoms with Crippen molar-refractivity contribution in [2.24, 2.45) is 0 Å². The fourth-order valence-corrected chi connectivity index (χ4v) is 2.46. The molecule has 2 rings (SSSR count). The minimum absolute atomic E-state index is 0.0829. The molecule has 116 valence electrons. The van der Waals surface area contributed by atoms with E-state index < -0.39 is 11.5 Å². The third kappa shape index (κ3) is 3.75. The van der Waals surface area contributed by atoms with Gasteiger partial charge in [0.15, 0.2) is 0 Å². The Labute approximate surface area is 133 Å². The van der Waals surface area contributed by atoms with Crippen LogP contribution in [0.2, 0.25) is 5.02 Å². The number of halogens is 1. The number of pyridine rings is 1. The maximum absolute atomic E-state index is 12.1. The van der Waals surface area contributed by atoms with Gasteiger partial charge in [0.25, 0.3) is 11.5 Å². The van der Waals surface area contributed by atoms with E-state index in [0.717, 1.165) is 5.56 Å². The summed E-state index contributed by atoms with van der Waals surface area (Å²) in [6, 6.07) is 10.5. The number of benzene rings is 1. The van der Waals surface area contributed by atoms with Gasteiger partial charge in [-0.3, -0.25) is 9.59 Å². The van der Waals surface area contributed by atoms with Crippen LogP contribution in [0.1, 0.15) is 22.0 Å². The van der Waals surface area contributed by atoms with Gasteiger partial charge in [0.05, 0.1) is 6.04 Å². The Kier molecular flexibility index (Phi) is 5.35. The molecular weight excluding hydrogens is 302 g/mol. The Morgan fingerprint density at radius 2 is 2.00 bits per heavy atom. The summed E-state index contributed by atoms with van der Waals surface area (Å²) in [5, 5.41) is 3.43. The summed E-state index contributed by atoms with van der Waals surface area (Å²) in [5.41, 5.74) is 0.620. The van der Waals surface area contributed by atoms with E-state index in [2.05, 4.69) is 10.3 Å². The van der Waals surface area contributed by atoms with Crippen LogP contribution in [0.15, 0.2) is 47.4 Å². The van der Waals surface area contributed by atoms with Gasteiger partial charge in [-0.15, -0.1) is 0 Å². The average molecular weight is 320 g/mol. The fourth-order valence-electron chi connectivity index (χ4n) is 2.20. The zero-order valence-corrected chi connectivity index (χ0v) is 13.2. The number of nitrogens with zero attached hydrogens (tertiary/aromatic N) is 1. The highest BCUT2D eigenvalue weighted by Crippen LogP contribution is 2.25. The SMILES string of the molecule is CN(C)C(CNC(=O)c1ccc[nH]c1=O)c1ccccc1Cl. The van der Waals surface area contributed by atoms with Crippen LogP contribution in [-0.4, -0.2) is 36.4 Å². The lowest BCUT2D eigenvalue weighted by Crippen LogP contribution is -2.36. The molecule has 6 heteroatoms. The average Bonchev–Trinajstić information content (AvgIpc) is 2.49. The van der Waals surface area contributed by atoms with Crippen LogP contribution < -0.4 is 10.9 Å². The van der Waals surface area contributed by atoms with E-state index in [4.69, 9.17) is 11.6 Å². The van der Waals surface area contributed by atoms with Crippen LogP contribution in [0.25, 0.3) is 0 Å². The van der Waals surface area contributed by atoms with Crippen molar-refractivity contribution in [1.82, 2.24) is 15.2 Å². The molecule has 2 aromatic rings. The Morgan fingerprint density at radius 1 is 1.27 bits per heavy atom. The zero-order chi connectivity index (χ0) is 16.1. The number of hydrogen-bond donors (Lipinski definition) is 2. The number of rotatable bonds is 5. The molecular formula is C16H18ClN3O2. The fraction of sp³-hybridized carbons (Fsp3) is 0.250. The van der Waals surface area contributed by atoms with Crippen LogP contribution in [0.5, 0.6) is 0 Å². The second-order valence-electron chi connectivity index (χ2n) is 5.12. The number of H-pyrrole nitrogens is 1. The summed E-state index contributed by atoms with van der Waals surface area (Å²) in [5.74, 6) is -0.402. The van der Waals surface area contributed by atoms with Crippen molar-refractivity contribution in [2.75, 3.05) is 20.6 Å². The third-order valence-electron chi connectivity index (χ3n) is 3.41. The summed E-state index contributed by atoms with van der Waals surface area (Å²) in [7, 11) is 3.82. The molecule has 22 heavy (non-hydrogen) atoms. The molecule has 0 saturated heterocycles. The number of nitrogens with one attached hydrogen (secondary N) is 2. The normalized spacial score (nSPS) is 12.2. The van der Waals surface area contributed by atoms with Gasteiger partial charge < -0.3 is 15.2 Å². The second kappa shape index (κ2) is 7.24. The number of carbonyl (C=O) groups excluding carboxylic acids is 1. The predicted molar refractivity (Wildman–Crippen MR) is 87.3 cm³/mol. The topological polar surface area (TPSA) is 65.2 Å². The summed E-state index contributed by atoms with van der Waals surface area (Å²) in [4.78, 5) is 28.2. The molecule has 0 aliphatic carbocycles. The van der Waals surface area contributed by atoms with Crippen molar-refractivity contribution in [3.8, 4) is 0 Å². The van der Waals surface area contributed by atoms with Crippen LogP contribution in [-0.2, 0) is 0 Å². The van der Waals surface area contributed by atoms with Crippen LogP contribution in [0.3, 0.4) is 0 Å². The number of amides is 1. The Balaban J connectivity index is 2.14. The molecule has 1 aromatic carbocycles. The van der Waals surface area contributed by atoms with Crippen molar-refractivity contribution < 1.29 is 4.79 Å². The van der Waals surface area contributed by atoms with Gasteiger partial charge in [-0.2, -0.15) is 0 Å². The standard InChI is InChI=1S/C16H18ClN3O2/c1-20(2)14(11-6-3-4-8-13(11)17)10-19-16(22)12-7-5-9-18-15(12)21/h3-9,14H,10H2,1-2H3,(H,18,21)(H,19,22). The molecule has 0 radical (unpaired) electrons. The van der Waals surface area contributed by atoms with Crippen molar-refractivity contribution in [1.29, 1.82) is 0 Å². The molecule has 0 aliphatic rings. The lowest BCUT2D eigenvalue weighted by atomic mass is 10.1. The maximum atomic E-state index is 12.1. The van der Waals surface area contributed by atoms with Crippen LogP contribution >= 0.6 is 11.6 Å². The lowest BCUT2D eigenvalue weighted by Gasteiger charge is -2.25. The predicted octanol–water partition coefficient (Wildman–Crippen LogP) is 2.06. The molecule has 0 saturated carbocycles. The molecule has 0 fully saturated rings. The van der Waals surface area contributed by atoms with Gasteiger partial charge in [0, 0.05) is 17.8 Å². The van der Waals surface area contributed by atoms with Crippen molar-refractivity contribution in [3.05, 3.63) is 69.1 Å². The van der Waals surface area contributed by atoms with E-state index in [1.807, 2.05) is 43.3 Å². The smallest absolute Gasteiger partial charge is 0.260 e. The van der Waals surface area contributed by atoms with E-state index in [1.54, 1.807) is 6.07 Å². The molecule has 5 nitrogen and oxygen atoms in total. The van der Waals surface area contributed by atoms with E-state index in [-0.39, 0.29) is 11.6 Å². The molecule has 1 amide bonds. The molecule has 0 aliphatic heterocycles. The minimum Gasteiger partial charge on any atom is -0.350 e. The van der Waals surface area contributed by atoms with Crippen molar-refractivity contribution in [3.63, 3.8) is 0 Å². The Hall–Kier alpha value is -2.11. The highest BCUT2D eigenvalue weighted by atomic mass is 35.5. The maximum Gasteiger partial charge on any atom is 0.260 e. The molecule has 1 heterocycles. The summed E-state index contributed by atoms with van der Waals surface area (Å²) in [6.07, 6.45) is 1.49. The van der Waals surface area contributed by atoms with Crippen LogP contribution in [0.4, 0.5) is 0 Å². The van der Waals surface area contributed by atoms with Gasteiger partial charge in [-0.25, -0.2) is 0 Å². The number of likely N-dealkylation sites (N-methyl/N-ethyl adjacent to an activating group) is 1. The summed E-state index contributed by atoms with van der Waals surface area (Å²) < 4.78 is 0. The Bertz CT molecular complexity index is 712. The highest BCUT2D eigenvalue weighted by Gasteiger charge is 2.18. The van der Waals surface area contributed by atoms with Crippen molar-refractivity contribution >= 4 is 17.5 Å². The molecule has 0 bridgehead atoms. The quantitative estimate of drug-likeness (QED) is 0.886. The first kappa shape index (κ1) is 16.3. The lowest BCUT2D eigenvalue weighted by molar-refractivity contribution is 0.0940. The Morgan fingerprint density at radius 3 is 2.64 bits per heavy atom. The molecule has 1 unspecified atom stereocenters. The number of carbonyl (C=O) groups is 1. The van der Waals surface area contributed by atoms with Gasteiger partial charge in [-0.05, 0) is 37.9 Å². The minimum atomic E-state index is -0.404. The number of aromatic nitrogens is 1. The van der Waals surface area contributed by atoms with E-state index in [9.17, 15) is 9.59 Å². The molecule has 2 N–H and O–H groups in total. The number of aromatic amines is 1. The largest absolute Gasteiger partial charge is 0.350 e.